The van der Waals surface area contributed by atoms with Gasteiger partial charge in [0.2, 0.25) is 0 Å². The standard InChI is InChI=1S/C36H36ClN3O4/c1-6-42-33-18-24(5)30(20-29(33)23(3)4)35-39-31-11-9-8-10-28(31)36(41)40(35)38-21-26-14-17-32(34(19-26)43-7-2)44-22-25-12-15-27(37)16-13-25/h8-21,23H,6-7,22H2,1-5H3. The molecule has 1 heterocycles. The highest BCUT2D eigenvalue weighted by atomic mass is 35.5. The average molecular weight is 610 g/mol. The fourth-order valence-corrected chi connectivity index (χ4v) is 5.06. The van der Waals surface area contributed by atoms with Crippen molar-refractivity contribution in [2.24, 2.45) is 5.10 Å². The summed E-state index contributed by atoms with van der Waals surface area (Å²) in [5.74, 6) is 2.69. The third kappa shape index (κ3) is 6.79. The van der Waals surface area contributed by atoms with Gasteiger partial charge in [0.05, 0.1) is 30.3 Å². The molecule has 0 unspecified atom stereocenters. The number of para-hydroxylation sites is 1. The highest BCUT2D eigenvalue weighted by Gasteiger charge is 2.18. The lowest BCUT2D eigenvalue weighted by molar-refractivity contribution is 0.269. The molecule has 226 valence electrons. The van der Waals surface area contributed by atoms with Crippen molar-refractivity contribution < 1.29 is 14.2 Å². The molecule has 0 saturated heterocycles. The maximum atomic E-state index is 13.8. The summed E-state index contributed by atoms with van der Waals surface area (Å²) in [6, 6.07) is 24.5. The molecular weight excluding hydrogens is 574 g/mol. The van der Waals surface area contributed by atoms with Crippen LogP contribution in [0.1, 0.15) is 55.9 Å². The Morgan fingerprint density at radius 3 is 2.34 bits per heavy atom. The first-order chi connectivity index (χ1) is 21.3. The minimum atomic E-state index is -0.255. The van der Waals surface area contributed by atoms with Crippen molar-refractivity contribution in [2.45, 2.75) is 47.1 Å². The van der Waals surface area contributed by atoms with Crippen LogP contribution < -0.4 is 19.8 Å². The maximum absolute atomic E-state index is 13.8. The van der Waals surface area contributed by atoms with Crippen molar-refractivity contribution in [2.75, 3.05) is 13.2 Å². The van der Waals surface area contributed by atoms with Crippen molar-refractivity contribution in [3.05, 3.63) is 116 Å². The van der Waals surface area contributed by atoms with Crippen LogP contribution in [0.15, 0.2) is 88.8 Å². The van der Waals surface area contributed by atoms with Crippen molar-refractivity contribution in [3.63, 3.8) is 0 Å². The lowest BCUT2D eigenvalue weighted by Gasteiger charge is -2.18. The van der Waals surface area contributed by atoms with Gasteiger partial charge in [0, 0.05) is 10.6 Å². The number of hydrogen-bond acceptors (Lipinski definition) is 6. The smallest absolute Gasteiger partial charge is 0.282 e. The van der Waals surface area contributed by atoms with Gasteiger partial charge in [-0.1, -0.05) is 49.7 Å². The first-order valence-electron chi connectivity index (χ1n) is 14.8. The molecule has 0 aliphatic heterocycles. The van der Waals surface area contributed by atoms with Gasteiger partial charge in [0.15, 0.2) is 17.3 Å². The molecule has 0 bridgehead atoms. The van der Waals surface area contributed by atoms with E-state index in [4.69, 9.17) is 30.8 Å². The van der Waals surface area contributed by atoms with Crippen LogP contribution in [0.25, 0.3) is 22.3 Å². The van der Waals surface area contributed by atoms with Crippen LogP contribution in [0.5, 0.6) is 17.2 Å². The summed E-state index contributed by atoms with van der Waals surface area (Å²) >= 11 is 6.01. The zero-order chi connectivity index (χ0) is 31.2. The number of hydrogen-bond donors (Lipinski definition) is 0. The summed E-state index contributed by atoms with van der Waals surface area (Å²) in [6.07, 6.45) is 1.64. The van der Waals surface area contributed by atoms with Gasteiger partial charge in [-0.2, -0.15) is 9.78 Å². The van der Waals surface area contributed by atoms with Crippen LogP contribution in [0.4, 0.5) is 0 Å². The number of aryl methyl sites for hydroxylation is 1. The molecule has 7 nitrogen and oxygen atoms in total. The van der Waals surface area contributed by atoms with Crippen LogP contribution in [-0.4, -0.2) is 29.1 Å². The SMILES string of the molecule is CCOc1cc(C=Nn2c(-c3cc(C(C)C)c(OCC)cc3C)nc3ccccc3c2=O)ccc1OCc1ccc(Cl)cc1. The quantitative estimate of drug-likeness (QED) is 0.141. The molecule has 0 atom stereocenters. The number of fused-ring (bicyclic) bond motifs is 1. The normalized spacial score (nSPS) is 11.4. The topological polar surface area (TPSA) is 74.9 Å². The van der Waals surface area contributed by atoms with Crippen molar-refractivity contribution >= 4 is 28.7 Å². The number of aromatic nitrogens is 2. The Kier molecular flexibility index (Phi) is 9.65. The molecule has 8 heteroatoms. The van der Waals surface area contributed by atoms with Gasteiger partial charge < -0.3 is 14.2 Å². The molecule has 0 aliphatic rings. The Morgan fingerprint density at radius 1 is 0.886 bits per heavy atom. The number of ether oxygens (including phenoxy) is 3. The van der Waals surface area contributed by atoms with Crippen molar-refractivity contribution in [3.8, 4) is 28.6 Å². The summed E-state index contributed by atoms with van der Waals surface area (Å²) in [6.45, 7) is 11.5. The molecular formula is C36H36ClN3O4. The Balaban J connectivity index is 1.56. The lowest BCUT2D eigenvalue weighted by Crippen LogP contribution is -2.21. The number of halogens is 1. The summed E-state index contributed by atoms with van der Waals surface area (Å²) in [4.78, 5) is 18.8. The van der Waals surface area contributed by atoms with Crippen molar-refractivity contribution in [1.29, 1.82) is 0 Å². The van der Waals surface area contributed by atoms with Gasteiger partial charge >= 0.3 is 0 Å². The maximum Gasteiger partial charge on any atom is 0.282 e. The zero-order valence-electron chi connectivity index (χ0n) is 25.6. The lowest BCUT2D eigenvalue weighted by atomic mass is 9.96. The number of benzene rings is 4. The van der Waals surface area contributed by atoms with Gasteiger partial charge in [0.1, 0.15) is 12.4 Å². The fourth-order valence-electron chi connectivity index (χ4n) is 4.93. The van der Waals surface area contributed by atoms with Crippen molar-refractivity contribution in [1.82, 2.24) is 9.66 Å². The first-order valence-corrected chi connectivity index (χ1v) is 15.1. The van der Waals surface area contributed by atoms with Crippen LogP contribution in [0.2, 0.25) is 5.02 Å². The summed E-state index contributed by atoms with van der Waals surface area (Å²) in [5.41, 5.74) is 4.88. The van der Waals surface area contributed by atoms with Gasteiger partial charge in [0.25, 0.3) is 5.56 Å². The molecule has 0 N–H and O–H groups in total. The minimum absolute atomic E-state index is 0.206. The van der Waals surface area contributed by atoms with E-state index in [9.17, 15) is 4.79 Å². The van der Waals surface area contributed by atoms with Gasteiger partial charge in [-0.05, 0) is 104 Å². The zero-order valence-corrected chi connectivity index (χ0v) is 26.4. The van der Waals surface area contributed by atoms with E-state index in [1.165, 1.54) is 4.68 Å². The average Bonchev–Trinajstić information content (AvgIpc) is 3.01. The van der Waals surface area contributed by atoms with Gasteiger partial charge in [-0.3, -0.25) is 4.79 Å². The van der Waals surface area contributed by atoms with E-state index in [0.717, 1.165) is 33.6 Å². The second-order valence-corrected chi connectivity index (χ2v) is 11.1. The Morgan fingerprint density at radius 2 is 1.61 bits per heavy atom. The highest BCUT2D eigenvalue weighted by molar-refractivity contribution is 6.30. The van der Waals surface area contributed by atoms with Crippen LogP contribution in [-0.2, 0) is 6.61 Å². The molecule has 5 rings (SSSR count). The summed E-state index contributed by atoms with van der Waals surface area (Å²) in [7, 11) is 0. The van der Waals surface area contributed by atoms with E-state index in [1.807, 2.05) is 87.5 Å². The van der Waals surface area contributed by atoms with Crippen LogP contribution in [0, 0.1) is 6.92 Å². The van der Waals surface area contributed by atoms with Crippen LogP contribution in [0.3, 0.4) is 0 Å². The molecule has 0 spiro atoms. The predicted molar refractivity (Wildman–Crippen MR) is 178 cm³/mol. The van der Waals surface area contributed by atoms with Gasteiger partial charge in [-0.15, -0.1) is 0 Å². The predicted octanol–water partition coefficient (Wildman–Crippen LogP) is 8.41. The Hall–Kier alpha value is -4.62. The fraction of sp³-hybridized carbons (Fsp3) is 0.250. The van der Waals surface area contributed by atoms with E-state index in [2.05, 4.69) is 25.0 Å². The molecule has 0 fully saturated rings. The van der Waals surface area contributed by atoms with E-state index in [0.29, 0.717) is 53.1 Å². The largest absolute Gasteiger partial charge is 0.494 e. The molecule has 0 saturated carbocycles. The molecule has 44 heavy (non-hydrogen) atoms. The van der Waals surface area contributed by atoms with E-state index in [-0.39, 0.29) is 11.5 Å². The molecule has 0 aliphatic carbocycles. The third-order valence-corrected chi connectivity index (χ3v) is 7.42. The second kappa shape index (κ2) is 13.8. The second-order valence-electron chi connectivity index (χ2n) is 10.7. The highest BCUT2D eigenvalue weighted by Crippen LogP contribution is 2.34. The number of nitrogens with zero attached hydrogens (tertiary/aromatic N) is 3. The summed E-state index contributed by atoms with van der Waals surface area (Å²) < 4.78 is 19.3. The van der Waals surface area contributed by atoms with Gasteiger partial charge in [-0.25, -0.2) is 4.98 Å². The molecule has 5 aromatic rings. The number of rotatable bonds is 11. The molecule has 4 aromatic carbocycles. The van der Waals surface area contributed by atoms with E-state index >= 15 is 0 Å². The third-order valence-electron chi connectivity index (χ3n) is 7.17. The first kappa shape index (κ1) is 30.8. The van der Waals surface area contributed by atoms with E-state index < -0.39 is 0 Å². The monoisotopic (exact) mass is 609 g/mol. The Bertz CT molecular complexity index is 1860. The minimum Gasteiger partial charge on any atom is -0.494 e. The molecule has 0 amide bonds. The molecule has 1 aromatic heterocycles. The summed E-state index contributed by atoms with van der Waals surface area (Å²) in [5, 5.41) is 5.85. The Labute approximate surface area is 262 Å². The molecule has 0 radical (unpaired) electrons. The van der Waals surface area contributed by atoms with E-state index in [1.54, 1.807) is 12.3 Å². The van der Waals surface area contributed by atoms with Crippen LogP contribution >= 0.6 is 11.6 Å².